The van der Waals surface area contributed by atoms with Crippen LogP contribution in [0.3, 0.4) is 0 Å². The molecule has 1 aliphatic rings. The van der Waals surface area contributed by atoms with Crippen LogP contribution in [0.25, 0.3) is 0 Å². The van der Waals surface area contributed by atoms with E-state index in [1.54, 1.807) is 0 Å². The highest BCUT2D eigenvalue weighted by Crippen LogP contribution is 2.42. The molecule has 1 unspecified atom stereocenters. The van der Waals surface area contributed by atoms with Gasteiger partial charge in [-0.3, -0.25) is 9.69 Å². The summed E-state index contributed by atoms with van der Waals surface area (Å²) in [5.74, 6) is -4.70. The van der Waals surface area contributed by atoms with E-state index in [1.165, 1.54) is 20.8 Å². The highest BCUT2D eigenvalue weighted by molar-refractivity contribution is 5.73. The van der Waals surface area contributed by atoms with Crippen LogP contribution < -0.4 is 0 Å². The van der Waals surface area contributed by atoms with E-state index >= 15 is 0 Å². The molecule has 0 radical (unpaired) electrons. The minimum Gasteiger partial charge on any atom is -0.469 e. The molecule has 1 aliphatic heterocycles. The van der Waals surface area contributed by atoms with Crippen molar-refractivity contribution in [2.75, 3.05) is 13.8 Å². The Morgan fingerprint density at radius 2 is 1.91 bits per heavy atom. The van der Waals surface area contributed by atoms with Crippen molar-refractivity contribution in [2.45, 2.75) is 50.8 Å². The lowest BCUT2D eigenvalue weighted by Gasteiger charge is -2.32. The van der Waals surface area contributed by atoms with Crippen LogP contribution in [0, 0.1) is 0 Å². The first kappa shape index (κ1) is 18.5. The number of nitrogens with zero attached hydrogens (tertiary/aromatic N) is 1. The summed E-state index contributed by atoms with van der Waals surface area (Å²) >= 11 is 0. The molecule has 7 nitrogen and oxygen atoms in total. The number of hydrogen-bond acceptors (Lipinski definition) is 6. The maximum absolute atomic E-state index is 13.0. The number of esters is 1. The first-order chi connectivity index (χ1) is 9.82. The summed E-state index contributed by atoms with van der Waals surface area (Å²) in [4.78, 5) is 23.8. The van der Waals surface area contributed by atoms with Crippen LogP contribution in [0.15, 0.2) is 0 Å². The molecule has 1 fully saturated rings. The second kappa shape index (κ2) is 5.92. The van der Waals surface area contributed by atoms with Crippen LogP contribution in [-0.2, 0) is 19.0 Å². The number of rotatable bonds is 2. The number of alkyl halides is 3. The van der Waals surface area contributed by atoms with Crippen LogP contribution in [0.5, 0.6) is 0 Å². The molecule has 0 aliphatic carbocycles. The Bertz CT molecular complexity index is 447. The summed E-state index contributed by atoms with van der Waals surface area (Å²) in [5, 5.41) is 9.75. The molecule has 0 spiro atoms. The van der Waals surface area contributed by atoms with Crippen LogP contribution >= 0.6 is 0 Å². The van der Waals surface area contributed by atoms with Gasteiger partial charge in [-0.05, 0) is 20.8 Å². The third kappa shape index (κ3) is 3.80. The summed E-state index contributed by atoms with van der Waals surface area (Å²) in [6.07, 6.45) is -7.24. The number of hydrogen-bond donors (Lipinski definition) is 1. The lowest BCUT2D eigenvalue weighted by Crippen LogP contribution is -2.57. The molecule has 22 heavy (non-hydrogen) atoms. The number of amides is 1. The SMILES string of the molecule is COC(=O)C[C@@H]1N(C(=O)OC(C)(C)C)COC1(O)C(F)(F)F. The summed E-state index contributed by atoms with van der Waals surface area (Å²) in [6.45, 7) is 3.69. The van der Waals surface area contributed by atoms with Gasteiger partial charge in [-0.1, -0.05) is 0 Å². The van der Waals surface area contributed by atoms with Crippen molar-refractivity contribution in [3.63, 3.8) is 0 Å². The van der Waals surface area contributed by atoms with Gasteiger partial charge < -0.3 is 19.3 Å². The van der Waals surface area contributed by atoms with E-state index in [9.17, 15) is 27.9 Å². The number of halogens is 3. The Morgan fingerprint density at radius 3 is 2.32 bits per heavy atom. The Hall–Kier alpha value is -1.55. The van der Waals surface area contributed by atoms with Crippen molar-refractivity contribution in [1.29, 1.82) is 0 Å². The number of methoxy groups -OCH3 is 1. The summed E-state index contributed by atoms with van der Waals surface area (Å²) < 4.78 is 52.7. The number of carbonyl (C=O) groups excluding carboxylic acids is 2. The normalized spacial score (nSPS) is 26.0. The second-order valence-corrected chi connectivity index (χ2v) is 5.71. The lowest BCUT2D eigenvalue weighted by atomic mass is 10.0. The lowest BCUT2D eigenvalue weighted by molar-refractivity contribution is -0.354. The number of carbonyl (C=O) groups is 2. The van der Waals surface area contributed by atoms with Gasteiger partial charge >= 0.3 is 18.2 Å². The summed E-state index contributed by atoms with van der Waals surface area (Å²) in [7, 11) is 0.975. The zero-order chi connectivity index (χ0) is 17.3. The third-order valence-corrected chi connectivity index (χ3v) is 2.87. The average molecular weight is 329 g/mol. The second-order valence-electron chi connectivity index (χ2n) is 5.71. The molecule has 0 aromatic rings. The van der Waals surface area contributed by atoms with Gasteiger partial charge in [-0.2, -0.15) is 13.2 Å². The van der Waals surface area contributed by atoms with Gasteiger partial charge in [0.05, 0.1) is 13.5 Å². The van der Waals surface area contributed by atoms with Gasteiger partial charge in [0, 0.05) is 0 Å². The number of aliphatic hydroxyl groups is 1. The standard InChI is InChI=1S/C12H18F3NO6/c1-10(2,3)22-9(18)16-6-21-11(19,12(13,14)15)7(16)5-8(17)20-4/h7,19H,5-6H2,1-4H3/t7-,11?/m0/s1. The quantitative estimate of drug-likeness (QED) is 0.771. The van der Waals surface area contributed by atoms with Gasteiger partial charge in [0.25, 0.3) is 5.79 Å². The molecule has 1 heterocycles. The molecular weight excluding hydrogens is 311 g/mol. The smallest absolute Gasteiger partial charge is 0.445 e. The highest BCUT2D eigenvalue weighted by Gasteiger charge is 2.67. The van der Waals surface area contributed by atoms with E-state index < -0.39 is 48.8 Å². The highest BCUT2D eigenvalue weighted by atomic mass is 19.4. The van der Waals surface area contributed by atoms with Crippen molar-refractivity contribution in [1.82, 2.24) is 4.90 Å². The van der Waals surface area contributed by atoms with E-state index in [1.807, 2.05) is 0 Å². The van der Waals surface area contributed by atoms with Gasteiger partial charge in [-0.25, -0.2) is 4.79 Å². The Balaban J connectivity index is 3.07. The maximum Gasteiger partial charge on any atom is 0.445 e. The zero-order valence-electron chi connectivity index (χ0n) is 12.6. The first-order valence-electron chi connectivity index (χ1n) is 6.31. The predicted octanol–water partition coefficient (Wildman–Crippen LogP) is 1.39. The van der Waals surface area contributed by atoms with E-state index in [0.29, 0.717) is 4.90 Å². The van der Waals surface area contributed by atoms with Crippen molar-refractivity contribution in [2.24, 2.45) is 0 Å². The van der Waals surface area contributed by atoms with Crippen molar-refractivity contribution >= 4 is 12.1 Å². The fourth-order valence-corrected chi connectivity index (χ4v) is 1.83. The van der Waals surface area contributed by atoms with Gasteiger partial charge in [0.1, 0.15) is 18.4 Å². The van der Waals surface area contributed by atoms with Gasteiger partial charge in [-0.15, -0.1) is 0 Å². The molecule has 128 valence electrons. The molecule has 0 aromatic heterocycles. The molecule has 1 rings (SSSR count). The minimum absolute atomic E-state index is 0.510. The molecule has 10 heteroatoms. The van der Waals surface area contributed by atoms with Crippen molar-refractivity contribution in [3.8, 4) is 0 Å². The third-order valence-electron chi connectivity index (χ3n) is 2.87. The largest absolute Gasteiger partial charge is 0.469 e. The van der Waals surface area contributed by atoms with E-state index in [0.717, 1.165) is 7.11 Å². The van der Waals surface area contributed by atoms with Gasteiger partial charge in [0.15, 0.2) is 0 Å². The first-order valence-corrected chi connectivity index (χ1v) is 6.31. The van der Waals surface area contributed by atoms with E-state index in [-0.39, 0.29) is 0 Å². The molecule has 1 saturated heterocycles. The zero-order valence-corrected chi connectivity index (χ0v) is 12.6. The minimum atomic E-state index is -5.21. The van der Waals surface area contributed by atoms with E-state index in [2.05, 4.69) is 9.47 Å². The molecule has 0 aromatic carbocycles. The van der Waals surface area contributed by atoms with Crippen LogP contribution in [0.2, 0.25) is 0 Å². The molecule has 2 atom stereocenters. The van der Waals surface area contributed by atoms with E-state index in [4.69, 9.17) is 4.74 Å². The summed E-state index contributed by atoms with van der Waals surface area (Å²) in [6, 6.07) is -2.00. The fraction of sp³-hybridized carbons (Fsp3) is 0.833. The Labute approximate surface area is 124 Å². The van der Waals surface area contributed by atoms with Crippen LogP contribution in [-0.4, -0.2) is 59.5 Å². The molecule has 0 bridgehead atoms. The predicted molar refractivity (Wildman–Crippen MR) is 65.5 cm³/mol. The monoisotopic (exact) mass is 329 g/mol. The maximum atomic E-state index is 13.0. The Morgan fingerprint density at radius 1 is 1.36 bits per heavy atom. The van der Waals surface area contributed by atoms with Crippen molar-refractivity contribution in [3.05, 3.63) is 0 Å². The van der Waals surface area contributed by atoms with Crippen LogP contribution in [0.1, 0.15) is 27.2 Å². The Kier molecular flexibility index (Phi) is 4.98. The van der Waals surface area contributed by atoms with Crippen LogP contribution in [0.4, 0.5) is 18.0 Å². The summed E-state index contributed by atoms with van der Waals surface area (Å²) in [5.41, 5.74) is -0.966. The molecule has 1 N–H and O–H groups in total. The topological polar surface area (TPSA) is 85.3 Å². The van der Waals surface area contributed by atoms with Crippen molar-refractivity contribution < 1.29 is 42.1 Å². The number of ether oxygens (including phenoxy) is 3. The van der Waals surface area contributed by atoms with Gasteiger partial charge in [0.2, 0.25) is 0 Å². The molecule has 1 amide bonds. The molecular formula is C12H18F3NO6. The average Bonchev–Trinajstić information content (AvgIpc) is 2.65. The molecule has 0 saturated carbocycles. The fourth-order valence-electron chi connectivity index (χ4n) is 1.83.